The molecule has 1 rings (SSSR count). The molecule has 66 valence electrons. The Kier molecular flexibility index (Phi) is 20.0. The number of rotatable bonds is 0. The number of halogens is 2. The molecule has 0 aliphatic heterocycles. The minimum absolute atomic E-state index is 0. The fraction of sp³-hybridized carbons (Fsp3) is 1.00. The topological polar surface area (TPSA) is 26.0 Å². The van der Waals surface area contributed by atoms with E-state index in [1.54, 1.807) is 0 Å². The fourth-order valence-corrected chi connectivity index (χ4v) is 1.13. The van der Waals surface area contributed by atoms with Gasteiger partial charge in [-0.05, 0) is 12.8 Å². The van der Waals surface area contributed by atoms with E-state index in [1.807, 2.05) is 0 Å². The van der Waals surface area contributed by atoms with Crippen LogP contribution in [0.4, 0.5) is 0 Å². The van der Waals surface area contributed by atoms with Crippen molar-refractivity contribution in [3.63, 3.8) is 0 Å². The van der Waals surface area contributed by atoms with Gasteiger partial charge in [-0.15, -0.1) is 0 Å². The summed E-state index contributed by atoms with van der Waals surface area (Å²) in [6.45, 7) is 0. The zero-order valence-corrected chi connectivity index (χ0v) is 12.3. The van der Waals surface area contributed by atoms with Crippen LogP contribution in [-0.2, 0) is 21.1 Å². The monoisotopic (exact) mass is 548 g/mol. The standard InChI is InChI=1S/C6H13N.2HI.Pt/c7-6-4-2-1-3-5-6;;;/h6H,1-5,7H2;2*1H;/q;;;+2/p-2. The molecule has 0 bridgehead atoms. The molecule has 0 aromatic carbocycles. The fourth-order valence-electron chi connectivity index (χ4n) is 1.13. The second-order valence-electron chi connectivity index (χ2n) is 2.40. The summed E-state index contributed by atoms with van der Waals surface area (Å²) in [5.74, 6) is 0. The van der Waals surface area contributed by atoms with E-state index in [0.717, 1.165) is 0 Å². The van der Waals surface area contributed by atoms with Gasteiger partial charge in [0.05, 0.1) is 0 Å². The molecule has 1 saturated carbocycles. The third-order valence-corrected chi connectivity index (χ3v) is 1.65. The average Bonchev–Trinajstić information content (AvgIpc) is 1.69. The molecule has 0 radical (unpaired) electrons. The summed E-state index contributed by atoms with van der Waals surface area (Å²) < 4.78 is 0. The first kappa shape index (κ1) is 18.0. The Hall–Kier alpha value is 2.11. The van der Waals surface area contributed by atoms with Gasteiger partial charge in [0.25, 0.3) is 0 Å². The maximum absolute atomic E-state index is 5.63. The van der Waals surface area contributed by atoms with E-state index in [2.05, 4.69) is 0 Å². The van der Waals surface area contributed by atoms with E-state index in [4.69, 9.17) is 5.73 Å². The molecule has 1 fully saturated rings. The molecule has 4 heteroatoms. The largest absolute Gasteiger partial charge is 2.00 e. The Morgan fingerprint density at radius 3 is 1.50 bits per heavy atom. The van der Waals surface area contributed by atoms with Crippen molar-refractivity contribution < 1.29 is 69.0 Å². The maximum Gasteiger partial charge on any atom is 2.00 e. The Labute approximate surface area is 112 Å². The molecule has 0 spiro atoms. The van der Waals surface area contributed by atoms with Crippen LogP contribution in [0.5, 0.6) is 0 Å². The van der Waals surface area contributed by atoms with Gasteiger partial charge in [0.2, 0.25) is 0 Å². The Morgan fingerprint density at radius 2 is 1.30 bits per heavy atom. The molecule has 2 N–H and O–H groups in total. The molecule has 10 heavy (non-hydrogen) atoms. The van der Waals surface area contributed by atoms with E-state index in [9.17, 15) is 0 Å². The van der Waals surface area contributed by atoms with E-state index in [0.29, 0.717) is 6.04 Å². The number of hydrogen-bond donors (Lipinski definition) is 1. The summed E-state index contributed by atoms with van der Waals surface area (Å²) in [6, 6.07) is 0.536. The predicted molar refractivity (Wildman–Crippen MR) is 31.1 cm³/mol. The van der Waals surface area contributed by atoms with Crippen LogP contribution in [0.15, 0.2) is 0 Å². The predicted octanol–water partition coefficient (Wildman–Crippen LogP) is -4.72. The van der Waals surface area contributed by atoms with Crippen LogP contribution in [0.1, 0.15) is 32.1 Å². The number of nitrogens with two attached hydrogens (primary N) is 1. The second kappa shape index (κ2) is 11.1. The van der Waals surface area contributed by atoms with Gasteiger partial charge in [-0.3, -0.25) is 0 Å². The van der Waals surface area contributed by atoms with E-state index in [-0.39, 0.29) is 69.0 Å². The van der Waals surface area contributed by atoms with Crippen LogP contribution in [-0.4, -0.2) is 6.04 Å². The van der Waals surface area contributed by atoms with Gasteiger partial charge in [0, 0.05) is 6.04 Å². The summed E-state index contributed by atoms with van der Waals surface area (Å²) in [7, 11) is 0. The number of hydrogen-bond acceptors (Lipinski definition) is 1. The van der Waals surface area contributed by atoms with Crippen molar-refractivity contribution in [3.8, 4) is 0 Å². The normalized spacial score (nSPS) is 17.7. The summed E-state index contributed by atoms with van der Waals surface area (Å²) in [5.41, 5.74) is 5.63. The Morgan fingerprint density at radius 1 is 0.900 bits per heavy atom. The average molecular weight is 548 g/mol. The zero-order chi connectivity index (χ0) is 5.11. The Balaban J connectivity index is -0.000000163. The maximum atomic E-state index is 5.63. The van der Waals surface area contributed by atoms with E-state index < -0.39 is 0 Å². The summed E-state index contributed by atoms with van der Waals surface area (Å²) >= 11 is 0. The van der Waals surface area contributed by atoms with Crippen molar-refractivity contribution in [1.82, 2.24) is 0 Å². The minimum atomic E-state index is 0. The smallest absolute Gasteiger partial charge is 1.00 e. The minimum Gasteiger partial charge on any atom is -1.00 e. The zero-order valence-electron chi connectivity index (χ0n) is 5.76. The van der Waals surface area contributed by atoms with Crippen LogP contribution in [0.25, 0.3) is 0 Å². The summed E-state index contributed by atoms with van der Waals surface area (Å²) in [5, 5.41) is 0. The molecule has 0 heterocycles. The molecule has 1 nitrogen and oxygen atoms in total. The van der Waals surface area contributed by atoms with Gasteiger partial charge in [-0.25, -0.2) is 0 Å². The van der Waals surface area contributed by atoms with Crippen molar-refractivity contribution >= 4 is 0 Å². The molecule has 0 aromatic rings. The van der Waals surface area contributed by atoms with Crippen LogP contribution in [0, 0.1) is 0 Å². The summed E-state index contributed by atoms with van der Waals surface area (Å²) in [4.78, 5) is 0. The first-order valence-electron chi connectivity index (χ1n) is 3.15. The molecule has 1 aliphatic carbocycles. The molecule has 0 saturated heterocycles. The van der Waals surface area contributed by atoms with Crippen molar-refractivity contribution in [1.29, 1.82) is 0 Å². The molecular weight excluding hydrogens is 535 g/mol. The quantitative estimate of drug-likeness (QED) is 0.303. The molecule has 0 amide bonds. The van der Waals surface area contributed by atoms with E-state index in [1.165, 1.54) is 32.1 Å². The first-order valence-corrected chi connectivity index (χ1v) is 3.15. The molecule has 0 aromatic heterocycles. The van der Waals surface area contributed by atoms with Crippen molar-refractivity contribution in [2.24, 2.45) is 5.73 Å². The van der Waals surface area contributed by atoms with Crippen molar-refractivity contribution in [2.75, 3.05) is 0 Å². The third kappa shape index (κ3) is 8.21. The molecule has 0 atom stereocenters. The molecule has 0 unspecified atom stereocenters. The van der Waals surface area contributed by atoms with Crippen LogP contribution in [0.3, 0.4) is 0 Å². The van der Waals surface area contributed by atoms with Gasteiger partial charge >= 0.3 is 21.1 Å². The molecular formula is C6H13I2NPt. The van der Waals surface area contributed by atoms with Gasteiger partial charge in [-0.2, -0.15) is 0 Å². The second-order valence-corrected chi connectivity index (χ2v) is 2.40. The van der Waals surface area contributed by atoms with Crippen LogP contribution < -0.4 is 53.7 Å². The first-order chi connectivity index (χ1) is 3.39. The molecule has 1 aliphatic rings. The van der Waals surface area contributed by atoms with Crippen LogP contribution >= 0.6 is 0 Å². The van der Waals surface area contributed by atoms with Gasteiger partial charge < -0.3 is 53.7 Å². The van der Waals surface area contributed by atoms with Gasteiger partial charge in [-0.1, -0.05) is 19.3 Å². The van der Waals surface area contributed by atoms with Gasteiger partial charge in [0.15, 0.2) is 0 Å². The SMILES string of the molecule is NC1CCCCC1.[I-].[I-].[Pt+2]. The van der Waals surface area contributed by atoms with Gasteiger partial charge in [0.1, 0.15) is 0 Å². The third-order valence-electron chi connectivity index (χ3n) is 1.65. The Bertz CT molecular complexity index is 57.7. The van der Waals surface area contributed by atoms with Crippen LogP contribution in [0.2, 0.25) is 0 Å². The summed E-state index contributed by atoms with van der Waals surface area (Å²) in [6.07, 6.45) is 6.66. The van der Waals surface area contributed by atoms with Crippen molar-refractivity contribution in [3.05, 3.63) is 0 Å². The van der Waals surface area contributed by atoms with Crippen molar-refractivity contribution in [2.45, 2.75) is 38.1 Å². The van der Waals surface area contributed by atoms with E-state index >= 15 is 0 Å².